The number of nitrogens with one attached hydrogen (secondary N) is 1. The molecule has 0 unspecified atom stereocenters. The Morgan fingerprint density at radius 2 is 1.94 bits per heavy atom. The molecule has 0 bridgehead atoms. The molecule has 1 fully saturated rings. The molecule has 98 valence electrons. The molecule has 1 saturated heterocycles. The third-order valence-electron chi connectivity index (χ3n) is 3.05. The van der Waals surface area contributed by atoms with Crippen molar-refractivity contribution in [2.75, 3.05) is 19.6 Å². The number of rotatable bonds is 4. The fourth-order valence-corrected chi connectivity index (χ4v) is 2.36. The summed E-state index contributed by atoms with van der Waals surface area (Å²) in [5.74, 6) is 0.174. The van der Waals surface area contributed by atoms with Gasteiger partial charge in [-0.05, 0) is 30.5 Å². The molecule has 1 aliphatic heterocycles. The van der Waals surface area contributed by atoms with Crippen molar-refractivity contribution >= 4 is 29.1 Å². The minimum atomic E-state index is 0.174. The molecule has 1 N–H and O–H groups in total. The number of hydrogen-bond donors (Lipinski definition) is 1. The highest BCUT2D eigenvalue weighted by atomic mass is 35.5. The van der Waals surface area contributed by atoms with Crippen LogP contribution in [0.4, 0.5) is 0 Å². The highest BCUT2D eigenvalue weighted by molar-refractivity contribution is 6.42. The summed E-state index contributed by atoms with van der Waals surface area (Å²) in [4.78, 5) is 13.7. The molecular weight excluding hydrogens is 271 g/mol. The van der Waals surface area contributed by atoms with Crippen LogP contribution >= 0.6 is 23.2 Å². The van der Waals surface area contributed by atoms with Crippen LogP contribution in [0.5, 0.6) is 0 Å². The van der Waals surface area contributed by atoms with E-state index in [1.54, 1.807) is 6.07 Å². The minimum Gasteiger partial charge on any atom is -0.342 e. The molecule has 0 spiro atoms. The second kappa shape index (κ2) is 6.41. The molecule has 18 heavy (non-hydrogen) atoms. The number of likely N-dealkylation sites (tertiary alicyclic amines) is 1. The fourth-order valence-electron chi connectivity index (χ4n) is 2.04. The van der Waals surface area contributed by atoms with E-state index in [0.29, 0.717) is 23.1 Å². The Morgan fingerprint density at radius 3 is 2.61 bits per heavy atom. The van der Waals surface area contributed by atoms with Crippen molar-refractivity contribution in [2.45, 2.75) is 19.4 Å². The van der Waals surface area contributed by atoms with Crippen molar-refractivity contribution in [3.63, 3.8) is 0 Å². The Morgan fingerprint density at radius 1 is 1.22 bits per heavy atom. The third kappa shape index (κ3) is 3.61. The molecule has 1 amide bonds. The fraction of sp³-hybridized carbons (Fsp3) is 0.462. The van der Waals surface area contributed by atoms with Crippen LogP contribution in [0.2, 0.25) is 10.0 Å². The molecule has 2 rings (SSSR count). The number of nitrogens with zero attached hydrogens (tertiary/aromatic N) is 1. The van der Waals surface area contributed by atoms with Gasteiger partial charge in [-0.2, -0.15) is 0 Å². The first-order chi connectivity index (χ1) is 8.66. The summed E-state index contributed by atoms with van der Waals surface area (Å²) < 4.78 is 0. The Bertz CT molecular complexity index is 431. The van der Waals surface area contributed by atoms with E-state index in [1.165, 1.54) is 0 Å². The zero-order valence-corrected chi connectivity index (χ0v) is 11.6. The first kappa shape index (κ1) is 13.7. The van der Waals surface area contributed by atoms with Crippen molar-refractivity contribution < 1.29 is 4.79 Å². The average molecular weight is 287 g/mol. The number of halogens is 2. The van der Waals surface area contributed by atoms with E-state index in [4.69, 9.17) is 23.2 Å². The van der Waals surface area contributed by atoms with Crippen LogP contribution in [0.3, 0.4) is 0 Å². The molecule has 5 heteroatoms. The molecule has 1 aliphatic rings. The van der Waals surface area contributed by atoms with Gasteiger partial charge in [-0.25, -0.2) is 0 Å². The zero-order valence-electron chi connectivity index (χ0n) is 10.1. The van der Waals surface area contributed by atoms with Gasteiger partial charge in [0.05, 0.1) is 16.6 Å². The summed E-state index contributed by atoms with van der Waals surface area (Å²) in [5, 5.41) is 4.23. The van der Waals surface area contributed by atoms with Gasteiger partial charge in [0.1, 0.15) is 0 Å². The lowest BCUT2D eigenvalue weighted by atomic mass is 10.2. The van der Waals surface area contributed by atoms with Gasteiger partial charge in [0, 0.05) is 19.6 Å². The minimum absolute atomic E-state index is 0.174. The predicted octanol–water partition coefficient (Wildman–Crippen LogP) is 2.71. The van der Waals surface area contributed by atoms with E-state index < -0.39 is 0 Å². The summed E-state index contributed by atoms with van der Waals surface area (Å²) >= 11 is 11.8. The number of amides is 1. The lowest BCUT2D eigenvalue weighted by Crippen LogP contribution is -2.35. The highest BCUT2D eigenvalue weighted by Gasteiger charge is 2.16. The smallest absolute Gasteiger partial charge is 0.236 e. The van der Waals surface area contributed by atoms with E-state index >= 15 is 0 Å². The Hall–Kier alpha value is -0.770. The van der Waals surface area contributed by atoms with E-state index in [-0.39, 0.29) is 5.91 Å². The first-order valence-corrected chi connectivity index (χ1v) is 6.85. The van der Waals surface area contributed by atoms with Crippen molar-refractivity contribution in [1.29, 1.82) is 0 Å². The summed E-state index contributed by atoms with van der Waals surface area (Å²) in [6.07, 6.45) is 2.25. The van der Waals surface area contributed by atoms with Gasteiger partial charge < -0.3 is 10.2 Å². The molecule has 0 atom stereocenters. The molecule has 0 aromatic heterocycles. The van der Waals surface area contributed by atoms with Crippen LogP contribution < -0.4 is 5.32 Å². The van der Waals surface area contributed by atoms with Gasteiger partial charge in [-0.15, -0.1) is 0 Å². The molecule has 1 aromatic rings. The van der Waals surface area contributed by atoms with Gasteiger partial charge in [-0.1, -0.05) is 29.3 Å². The largest absolute Gasteiger partial charge is 0.342 e. The lowest BCUT2D eigenvalue weighted by Gasteiger charge is -2.15. The van der Waals surface area contributed by atoms with Crippen LogP contribution in [-0.2, 0) is 11.3 Å². The number of carbonyl (C=O) groups excluding carboxylic acids is 1. The molecule has 1 heterocycles. The third-order valence-corrected chi connectivity index (χ3v) is 3.79. The van der Waals surface area contributed by atoms with Crippen LogP contribution in [0, 0.1) is 0 Å². The Kier molecular flexibility index (Phi) is 4.87. The molecular formula is C13H16Cl2N2O. The molecule has 0 aliphatic carbocycles. The van der Waals surface area contributed by atoms with Crippen LogP contribution in [0.15, 0.2) is 18.2 Å². The number of hydrogen-bond acceptors (Lipinski definition) is 2. The Labute approximate surface area is 117 Å². The second-order valence-corrected chi connectivity index (χ2v) is 5.25. The SMILES string of the molecule is O=C(CNCc1ccc(Cl)c(Cl)c1)N1CCCC1. The predicted molar refractivity (Wildman–Crippen MR) is 74.0 cm³/mol. The summed E-state index contributed by atoms with van der Waals surface area (Å²) in [7, 11) is 0. The number of benzene rings is 1. The topological polar surface area (TPSA) is 32.3 Å². The van der Waals surface area contributed by atoms with Crippen LogP contribution in [0.1, 0.15) is 18.4 Å². The molecule has 0 radical (unpaired) electrons. The van der Waals surface area contributed by atoms with Crippen molar-refractivity contribution in [3.8, 4) is 0 Å². The summed E-state index contributed by atoms with van der Waals surface area (Å²) in [5.41, 5.74) is 1.03. The summed E-state index contributed by atoms with van der Waals surface area (Å²) in [6.45, 7) is 2.79. The van der Waals surface area contributed by atoms with Crippen molar-refractivity contribution in [3.05, 3.63) is 33.8 Å². The van der Waals surface area contributed by atoms with Gasteiger partial charge in [-0.3, -0.25) is 4.79 Å². The van der Waals surface area contributed by atoms with Gasteiger partial charge in [0.15, 0.2) is 0 Å². The van der Waals surface area contributed by atoms with Crippen LogP contribution in [-0.4, -0.2) is 30.4 Å². The average Bonchev–Trinajstić information content (AvgIpc) is 2.87. The quantitative estimate of drug-likeness (QED) is 0.923. The highest BCUT2D eigenvalue weighted by Crippen LogP contribution is 2.22. The molecule has 1 aromatic carbocycles. The first-order valence-electron chi connectivity index (χ1n) is 6.09. The molecule has 3 nitrogen and oxygen atoms in total. The number of carbonyl (C=O) groups is 1. The second-order valence-electron chi connectivity index (χ2n) is 4.44. The maximum atomic E-state index is 11.8. The summed E-state index contributed by atoms with van der Waals surface area (Å²) in [6, 6.07) is 5.49. The lowest BCUT2D eigenvalue weighted by molar-refractivity contribution is -0.129. The van der Waals surface area contributed by atoms with Gasteiger partial charge in [0.25, 0.3) is 0 Å². The maximum Gasteiger partial charge on any atom is 0.236 e. The zero-order chi connectivity index (χ0) is 13.0. The maximum absolute atomic E-state index is 11.8. The van der Waals surface area contributed by atoms with Gasteiger partial charge >= 0.3 is 0 Å². The van der Waals surface area contributed by atoms with E-state index in [0.717, 1.165) is 31.5 Å². The van der Waals surface area contributed by atoms with Crippen molar-refractivity contribution in [1.82, 2.24) is 10.2 Å². The van der Waals surface area contributed by atoms with E-state index in [2.05, 4.69) is 5.32 Å². The van der Waals surface area contributed by atoms with Gasteiger partial charge in [0.2, 0.25) is 5.91 Å². The van der Waals surface area contributed by atoms with E-state index in [9.17, 15) is 4.79 Å². The Balaban J connectivity index is 1.77. The monoisotopic (exact) mass is 286 g/mol. The van der Waals surface area contributed by atoms with Crippen molar-refractivity contribution in [2.24, 2.45) is 0 Å². The molecule has 0 saturated carbocycles. The normalized spacial score (nSPS) is 15.1. The van der Waals surface area contributed by atoms with Crippen LogP contribution in [0.25, 0.3) is 0 Å². The van der Waals surface area contributed by atoms with E-state index in [1.807, 2.05) is 17.0 Å². The standard InChI is InChI=1S/C13H16Cl2N2O/c14-11-4-3-10(7-12(11)15)8-16-9-13(18)17-5-1-2-6-17/h3-4,7,16H,1-2,5-6,8-9H2.